The minimum Gasteiger partial charge on any atom is -0.481 e. The Bertz CT molecular complexity index is 502. The molecule has 0 saturated carbocycles. The Labute approximate surface area is 105 Å². The molecule has 94 valence electrons. The van der Waals surface area contributed by atoms with Crippen molar-refractivity contribution in [1.29, 1.82) is 0 Å². The standard InChI is InChI=1S/C14H15FN2O/c1-10(16)14(11-6-8-17-9-7-11)18-13-5-3-2-4-12(13)15/h2-10,14H,16H2,1H3. The summed E-state index contributed by atoms with van der Waals surface area (Å²) in [6, 6.07) is 9.67. The van der Waals surface area contributed by atoms with E-state index in [1.54, 1.807) is 30.6 Å². The number of nitrogens with zero attached hydrogens (tertiary/aromatic N) is 1. The van der Waals surface area contributed by atoms with Crippen molar-refractivity contribution >= 4 is 0 Å². The van der Waals surface area contributed by atoms with Gasteiger partial charge in [-0.1, -0.05) is 12.1 Å². The molecule has 0 aliphatic carbocycles. The van der Waals surface area contributed by atoms with Gasteiger partial charge in [0.1, 0.15) is 6.10 Å². The number of aromatic nitrogens is 1. The van der Waals surface area contributed by atoms with E-state index in [-0.39, 0.29) is 11.8 Å². The van der Waals surface area contributed by atoms with Gasteiger partial charge in [-0.2, -0.15) is 0 Å². The summed E-state index contributed by atoms with van der Waals surface area (Å²) in [7, 11) is 0. The summed E-state index contributed by atoms with van der Waals surface area (Å²) in [6.07, 6.45) is 2.93. The first-order valence-electron chi connectivity index (χ1n) is 5.75. The zero-order chi connectivity index (χ0) is 13.0. The molecule has 0 saturated heterocycles. The Morgan fingerprint density at radius 3 is 2.44 bits per heavy atom. The second kappa shape index (κ2) is 5.60. The molecule has 1 heterocycles. The Balaban J connectivity index is 2.26. The molecule has 2 unspecified atom stereocenters. The van der Waals surface area contributed by atoms with Gasteiger partial charge in [-0.3, -0.25) is 4.98 Å². The Morgan fingerprint density at radius 1 is 1.17 bits per heavy atom. The maximum atomic E-state index is 13.6. The van der Waals surface area contributed by atoms with Crippen molar-refractivity contribution in [3.63, 3.8) is 0 Å². The summed E-state index contributed by atoms with van der Waals surface area (Å²) in [4.78, 5) is 3.94. The van der Waals surface area contributed by atoms with Crippen LogP contribution in [-0.4, -0.2) is 11.0 Å². The van der Waals surface area contributed by atoms with Crippen molar-refractivity contribution in [2.24, 2.45) is 5.73 Å². The predicted molar refractivity (Wildman–Crippen MR) is 67.7 cm³/mol. The first-order valence-corrected chi connectivity index (χ1v) is 5.75. The smallest absolute Gasteiger partial charge is 0.165 e. The number of halogens is 1. The highest BCUT2D eigenvalue weighted by molar-refractivity contribution is 5.26. The van der Waals surface area contributed by atoms with Crippen molar-refractivity contribution in [1.82, 2.24) is 4.98 Å². The van der Waals surface area contributed by atoms with Crippen LogP contribution in [0.25, 0.3) is 0 Å². The SMILES string of the molecule is CC(N)C(Oc1ccccc1F)c1ccncc1. The Morgan fingerprint density at radius 2 is 1.83 bits per heavy atom. The largest absolute Gasteiger partial charge is 0.481 e. The lowest BCUT2D eigenvalue weighted by molar-refractivity contribution is 0.172. The van der Waals surface area contributed by atoms with Crippen molar-refractivity contribution in [3.8, 4) is 5.75 Å². The molecule has 0 fully saturated rings. The second-order valence-corrected chi connectivity index (χ2v) is 4.11. The molecule has 0 spiro atoms. The fraction of sp³-hybridized carbons (Fsp3) is 0.214. The first-order chi connectivity index (χ1) is 8.68. The van der Waals surface area contributed by atoms with Crippen LogP contribution in [0.15, 0.2) is 48.8 Å². The number of para-hydroxylation sites is 1. The van der Waals surface area contributed by atoms with Gasteiger partial charge in [-0.25, -0.2) is 4.39 Å². The Hall–Kier alpha value is -1.94. The van der Waals surface area contributed by atoms with E-state index in [2.05, 4.69) is 4.98 Å². The van der Waals surface area contributed by atoms with E-state index < -0.39 is 11.9 Å². The molecule has 2 rings (SSSR count). The highest BCUT2D eigenvalue weighted by Crippen LogP contribution is 2.25. The van der Waals surface area contributed by atoms with Crippen molar-refractivity contribution < 1.29 is 9.13 Å². The van der Waals surface area contributed by atoms with E-state index in [4.69, 9.17) is 10.5 Å². The summed E-state index contributed by atoms with van der Waals surface area (Å²) < 4.78 is 19.2. The zero-order valence-corrected chi connectivity index (χ0v) is 10.1. The number of hydrogen-bond acceptors (Lipinski definition) is 3. The molecule has 2 atom stereocenters. The number of ether oxygens (including phenoxy) is 1. The third-order valence-corrected chi connectivity index (χ3v) is 2.60. The van der Waals surface area contributed by atoms with E-state index in [1.165, 1.54) is 6.07 Å². The topological polar surface area (TPSA) is 48.1 Å². The molecule has 4 heteroatoms. The first kappa shape index (κ1) is 12.5. The van der Waals surface area contributed by atoms with E-state index in [0.717, 1.165) is 5.56 Å². The van der Waals surface area contributed by atoms with Gasteiger partial charge in [0.2, 0.25) is 0 Å². The molecular formula is C14H15FN2O. The lowest BCUT2D eigenvalue weighted by atomic mass is 10.1. The van der Waals surface area contributed by atoms with Gasteiger partial charge in [0, 0.05) is 18.4 Å². The number of nitrogens with two attached hydrogens (primary N) is 1. The van der Waals surface area contributed by atoms with Crippen LogP contribution in [0.5, 0.6) is 5.75 Å². The molecular weight excluding hydrogens is 231 g/mol. The van der Waals surface area contributed by atoms with Crippen LogP contribution in [-0.2, 0) is 0 Å². The van der Waals surface area contributed by atoms with Gasteiger partial charge in [0.25, 0.3) is 0 Å². The number of benzene rings is 1. The average molecular weight is 246 g/mol. The number of pyridine rings is 1. The molecule has 0 aliphatic rings. The van der Waals surface area contributed by atoms with Crippen LogP contribution in [0.4, 0.5) is 4.39 Å². The monoisotopic (exact) mass is 246 g/mol. The fourth-order valence-electron chi connectivity index (χ4n) is 1.71. The van der Waals surface area contributed by atoms with Gasteiger partial charge < -0.3 is 10.5 Å². The summed E-state index contributed by atoms with van der Waals surface area (Å²) in [5.74, 6) is -0.186. The summed E-state index contributed by atoms with van der Waals surface area (Å²) in [6.45, 7) is 1.83. The number of hydrogen-bond donors (Lipinski definition) is 1. The van der Waals surface area contributed by atoms with Gasteiger partial charge in [0.15, 0.2) is 11.6 Å². The minimum absolute atomic E-state index is 0.205. The molecule has 0 amide bonds. The summed E-state index contributed by atoms with van der Waals surface area (Å²) in [5.41, 5.74) is 6.78. The van der Waals surface area contributed by atoms with Crippen LogP contribution in [0, 0.1) is 5.82 Å². The van der Waals surface area contributed by atoms with Crippen molar-refractivity contribution in [2.45, 2.75) is 19.1 Å². The lowest BCUT2D eigenvalue weighted by Gasteiger charge is -2.23. The molecule has 0 radical (unpaired) electrons. The molecule has 1 aromatic carbocycles. The van der Waals surface area contributed by atoms with Gasteiger partial charge >= 0.3 is 0 Å². The van der Waals surface area contributed by atoms with E-state index in [9.17, 15) is 4.39 Å². The fourth-order valence-corrected chi connectivity index (χ4v) is 1.71. The summed E-state index contributed by atoms with van der Waals surface area (Å²) in [5, 5.41) is 0. The van der Waals surface area contributed by atoms with Gasteiger partial charge in [0.05, 0.1) is 0 Å². The molecule has 2 N–H and O–H groups in total. The normalized spacial score (nSPS) is 13.9. The quantitative estimate of drug-likeness (QED) is 0.902. The highest BCUT2D eigenvalue weighted by Gasteiger charge is 2.19. The maximum absolute atomic E-state index is 13.6. The molecule has 0 aliphatic heterocycles. The molecule has 18 heavy (non-hydrogen) atoms. The second-order valence-electron chi connectivity index (χ2n) is 4.11. The number of rotatable bonds is 4. The van der Waals surface area contributed by atoms with Crippen LogP contribution in [0.2, 0.25) is 0 Å². The third kappa shape index (κ3) is 2.84. The van der Waals surface area contributed by atoms with Crippen molar-refractivity contribution in [3.05, 3.63) is 60.2 Å². The Kier molecular flexibility index (Phi) is 3.89. The predicted octanol–water partition coefficient (Wildman–Crippen LogP) is 2.69. The van der Waals surface area contributed by atoms with Gasteiger partial charge in [-0.05, 0) is 36.8 Å². The van der Waals surface area contributed by atoms with Crippen LogP contribution >= 0.6 is 0 Å². The van der Waals surface area contributed by atoms with Crippen molar-refractivity contribution in [2.75, 3.05) is 0 Å². The molecule has 1 aromatic heterocycles. The molecule has 0 bridgehead atoms. The van der Waals surface area contributed by atoms with E-state index >= 15 is 0 Å². The molecule has 3 nitrogen and oxygen atoms in total. The van der Waals surface area contributed by atoms with Crippen LogP contribution in [0.1, 0.15) is 18.6 Å². The molecule has 2 aromatic rings. The summed E-state index contributed by atoms with van der Waals surface area (Å²) >= 11 is 0. The maximum Gasteiger partial charge on any atom is 0.165 e. The highest BCUT2D eigenvalue weighted by atomic mass is 19.1. The van der Waals surface area contributed by atoms with Crippen LogP contribution < -0.4 is 10.5 Å². The minimum atomic E-state index is -0.398. The van der Waals surface area contributed by atoms with Crippen LogP contribution in [0.3, 0.4) is 0 Å². The lowest BCUT2D eigenvalue weighted by Crippen LogP contribution is -2.29. The van der Waals surface area contributed by atoms with E-state index in [1.807, 2.05) is 19.1 Å². The van der Waals surface area contributed by atoms with E-state index in [0.29, 0.717) is 0 Å². The van der Waals surface area contributed by atoms with Gasteiger partial charge in [-0.15, -0.1) is 0 Å². The third-order valence-electron chi connectivity index (χ3n) is 2.60. The average Bonchev–Trinajstić information content (AvgIpc) is 2.38. The zero-order valence-electron chi connectivity index (χ0n) is 10.1.